The molecule has 1 rings (SSSR count). The number of hydrogen-bond acceptors (Lipinski definition) is 3. The first-order valence-electron chi connectivity index (χ1n) is 3.66. The van der Waals surface area contributed by atoms with Gasteiger partial charge in [-0.25, -0.2) is 4.79 Å². The van der Waals surface area contributed by atoms with Crippen molar-refractivity contribution in [2.45, 2.75) is 6.92 Å². The molecule has 0 aliphatic heterocycles. The van der Waals surface area contributed by atoms with Crippen LogP contribution in [0.1, 0.15) is 21.6 Å². The van der Waals surface area contributed by atoms with E-state index in [1.807, 2.05) is 0 Å². The van der Waals surface area contributed by atoms with Crippen LogP contribution in [0.4, 0.5) is 0 Å². The van der Waals surface area contributed by atoms with Gasteiger partial charge in [0.15, 0.2) is 0 Å². The van der Waals surface area contributed by atoms with Gasteiger partial charge >= 0.3 is 116 Å². The Kier molecular flexibility index (Phi) is 24.9. The van der Waals surface area contributed by atoms with Gasteiger partial charge in [0.05, 0.1) is 0 Å². The van der Waals surface area contributed by atoms with E-state index in [9.17, 15) is 4.79 Å². The normalized spacial score (nSPS) is 6.88. The van der Waals surface area contributed by atoms with Gasteiger partial charge in [-0.15, -0.1) is 0 Å². The fourth-order valence-corrected chi connectivity index (χ4v) is 0.654. The average Bonchev–Trinajstić information content (AvgIpc) is 2.03. The second-order valence-corrected chi connectivity index (χ2v) is 2.34. The van der Waals surface area contributed by atoms with Crippen molar-refractivity contribution in [2.75, 3.05) is 0 Å². The summed E-state index contributed by atoms with van der Waals surface area (Å²) in [6, 6.07) is 5.81. The summed E-state index contributed by atoms with van der Waals surface area (Å²) >= 11 is 0. The van der Waals surface area contributed by atoms with Gasteiger partial charge in [-0.05, 0) is 12.1 Å². The molecule has 0 aromatic heterocycles. The van der Waals surface area contributed by atoms with Crippen molar-refractivity contribution in [3.63, 3.8) is 0 Å². The minimum Gasteiger partial charge on any atom is -1.00 e. The molecule has 3 N–H and O–H groups in total. The largest absolute Gasteiger partial charge is 1.00 e. The number of carboxylic acid groups (broad SMARTS) is 2. The number of para-hydroxylation sites is 1. The molecule has 0 spiro atoms. The molecule has 82 valence electrons. The SMILES string of the molecule is CC(=O)O.O=C(O)c1ccccc1O.[H-].[H-].[H-].[K+].[Na+].[Na+]. The number of rotatable bonds is 1. The predicted molar refractivity (Wildman–Crippen MR) is 51.7 cm³/mol. The van der Waals surface area contributed by atoms with E-state index in [0.29, 0.717) is 0 Å². The van der Waals surface area contributed by atoms with Crippen LogP contribution in [0.5, 0.6) is 5.75 Å². The predicted octanol–water partition coefficient (Wildman–Crippen LogP) is -7.47. The molecule has 0 aliphatic carbocycles. The summed E-state index contributed by atoms with van der Waals surface area (Å²) in [5.41, 5.74) is -0.0671. The van der Waals surface area contributed by atoms with Crippen molar-refractivity contribution in [3.05, 3.63) is 29.8 Å². The third-order valence-electron chi connectivity index (χ3n) is 1.13. The van der Waals surface area contributed by atoms with E-state index in [2.05, 4.69) is 0 Å². The Labute approximate surface area is 190 Å². The van der Waals surface area contributed by atoms with Gasteiger partial charge in [0.2, 0.25) is 0 Å². The van der Waals surface area contributed by atoms with Crippen LogP contribution in [0.25, 0.3) is 0 Å². The number of benzene rings is 1. The molecule has 0 heterocycles. The van der Waals surface area contributed by atoms with Crippen molar-refractivity contribution >= 4 is 11.9 Å². The van der Waals surface area contributed by atoms with E-state index in [-0.39, 0.29) is 126 Å². The van der Waals surface area contributed by atoms with Crippen molar-refractivity contribution in [1.29, 1.82) is 0 Å². The Balaban J connectivity index is -0.0000000309. The molecule has 8 heteroatoms. The number of carboxylic acids is 2. The molecule has 0 aliphatic rings. The maximum atomic E-state index is 10.3. The van der Waals surface area contributed by atoms with Gasteiger partial charge in [0.25, 0.3) is 5.97 Å². The smallest absolute Gasteiger partial charge is 1.00 e. The summed E-state index contributed by atoms with van der Waals surface area (Å²) in [7, 11) is 0. The van der Waals surface area contributed by atoms with Gasteiger partial charge < -0.3 is 19.6 Å². The maximum Gasteiger partial charge on any atom is 1.00 e. The van der Waals surface area contributed by atoms with Crippen LogP contribution < -0.4 is 110 Å². The van der Waals surface area contributed by atoms with E-state index in [1.54, 1.807) is 12.1 Å². The molecule has 0 saturated carbocycles. The van der Waals surface area contributed by atoms with Crippen LogP contribution in [0.15, 0.2) is 24.3 Å². The van der Waals surface area contributed by atoms with E-state index in [1.165, 1.54) is 12.1 Å². The third-order valence-corrected chi connectivity index (χ3v) is 1.13. The summed E-state index contributed by atoms with van der Waals surface area (Å²) < 4.78 is 0. The zero-order valence-corrected chi connectivity index (χ0v) is 17.6. The summed E-state index contributed by atoms with van der Waals surface area (Å²) in [4.78, 5) is 19.3. The van der Waals surface area contributed by atoms with Crippen LogP contribution in [-0.2, 0) is 4.79 Å². The second-order valence-electron chi connectivity index (χ2n) is 2.34. The summed E-state index contributed by atoms with van der Waals surface area (Å²) in [6.45, 7) is 1.08. The number of hydrogen-bond donors (Lipinski definition) is 3. The molecule has 1 aromatic carbocycles. The standard InChI is InChI=1S/C7H6O3.C2H4O2.K.2Na.3H/c8-6-4-2-1-3-5(6)7(9)10;1-2(3)4;;;;;;/h1-4,8H,(H,9,10);1H3,(H,3,4);;;;;;/q;;3*+1;3*-1. The number of aliphatic carboxylic acids is 1. The van der Waals surface area contributed by atoms with Crippen LogP contribution in [0, 0.1) is 0 Å². The van der Waals surface area contributed by atoms with Crippen molar-refractivity contribution in [1.82, 2.24) is 0 Å². The summed E-state index contributed by atoms with van der Waals surface area (Å²) in [6.07, 6.45) is 0. The van der Waals surface area contributed by atoms with E-state index >= 15 is 0 Å². The van der Waals surface area contributed by atoms with Gasteiger partial charge in [0, 0.05) is 6.92 Å². The van der Waals surface area contributed by atoms with Crippen LogP contribution in [0.3, 0.4) is 0 Å². The molecular formula is C9H13KNa2O5. The van der Waals surface area contributed by atoms with E-state index < -0.39 is 11.9 Å². The zero-order valence-electron chi connectivity index (χ0n) is 13.5. The maximum absolute atomic E-state index is 10.3. The molecule has 0 fully saturated rings. The Morgan fingerprint density at radius 3 is 1.71 bits per heavy atom. The van der Waals surface area contributed by atoms with Gasteiger partial charge in [-0.3, -0.25) is 4.79 Å². The summed E-state index contributed by atoms with van der Waals surface area (Å²) in [5.74, 6) is -2.15. The molecule has 0 unspecified atom stereocenters. The molecule has 1 aromatic rings. The molecule has 0 bridgehead atoms. The first-order valence-corrected chi connectivity index (χ1v) is 3.66. The van der Waals surface area contributed by atoms with Crippen molar-refractivity contribution < 1.29 is 140 Å². The monoisotopic (exact) mass is 286 g/mol. The van der Waals surface area contributed by atoms with Gasteiger partial charge in [-0.1, -0.05) is 12.1 Å². The first kappa shape index (κ1) is 27.0. The van der Waals surface area contributed by atoms with E-state index in [0.717, 1.165) is 6.92 Å². The number of aromatic carboxylic acids is 1. The van der Waals surface area contributed by atoms with Crippen LogP contribution in [-0.4, -0.2) is 27.3 Å². The Bertz CT molecular complexity index is 354. The number of phenols is 1. The molecule has 0 radical (unpaired) electrons. The minimum atomic E-state index is -1.11. The van der Waals surface area contributed by atoms with Crippen LogP contribution >= 0.6 is 0 Å². The second kappa shape index (κ2) is 15.7. The fourth-order valence-electron chi connectivity index (χ4n) is 0.654. The molecule has 0 saturated heterocycles. The van der Waals surface area contributed by atoms with Crippen molar-refractivity contribution in [3.8, 4) is 5.75 Å². The average molecular weight is 286 g/mol. The quantitative estimate of drug-likeness (QED) is 0.446. The zero-order chi connectivity index (χ0) is 11.1. The number of carbonyl (C=O) groups is 2. The summed E-state index contributed by atoms with van der Waals surface area (Å²) in [5, 5.41) is 24.7. The Hall–Kier alpha value is 1.60. The Morgan fingerprint density at radius 2 is 1.47 bits per heavy atom. The third kappa shape index (κ3) is 15.5. The first-order chi connectivity index (χ1) is 6.45. The molecule has 17 heavy (non-hydrogen) atoms. The van der Waals surface area contributed by atoms with Crippen molar-refractivity contribution in [2.24, 2.45) is 0 Å². The van der Waals surface area contributed by atoms with E-state index in [4.69, 9.17) is 20.1 Å². The van der Waals surface area contributed by atoms with Crippen LogP contribution in [0.2, 0.25) is 0 Å². The van der Waals surface area contributed by atoms with Gasteiger partial charge in [-0.2, -0.15) is 0 Å². The Morgan fingerprint density at radius 1 is 1.12 bits per heavy atom. The molecule has 0 amide bonds. The molecule has 0 atom stereocenters. The fraction of sp³-hybridized carbons (Fsp3) is 0.111. The topological polar surface area (TPSA) is 94.8 Å². The number of aromatic hydroxyl groups is 1. The minimum absolute atomic E-state index is 0. The molecule has 5 nitrogen and oxygen atoms in total. The molecular weight excluding hydrogens is 273 g/mol. The van der Waals surface area contributed by atoms with Gasteiger partial charge in [0.1, 0.15) is 11.3 Å².